The van der Waals surface area contributed by atoms with Crippen LogP contribution in [0.3, 0.4) is 0 Å². The van der Waals surface area contributed by atoms with E-state index in [1.807, 2.05) is 28.0 Å². The Kier molecular flexibility index (Phi) is 4.13. The van der Waals surface area contributed by atoms with E-state index >= 15 is 0 Å². The van der Waals surface area contributed by atoms with Gasteiger partial charge in [-0.15, -0.1) is 0 Å². The molecule has 0 atom stereocenters. The molecule has 9 heavy (non-hydrogen) atoms. The molecule has 0 saturated carbocycles. The summed E-state index contributed by atoms with van der Waals surface area (Å²) in [5.41, 5.74) is 0. The standard InChI is InChI=1S/C6H6GeO.FH/c8-6-7-4-2-1-3-5-7;/h1-6H;1H. The molecule has 0 aromatic carbocycles. The molecule has 1 heterocycles. The summed E-state index contributed by atoms with van der Waals surface area (Å²) in [6.07, 6.45) is 5.84. The predicted molar refractivity (Wildman–Crippen MR) is 39.4 cm³/mol. The van der Waals surface area contributed by atoms with Crippen LogP contribution in [-0.2, 0) is 4.79 Å². The van der Waals surface area contributed by atoms with Crippen molar-refractivity contribution in [3.63, 3.8) is 0 Å². The molecule has 1 rings (SSSR count). The second kappa shape index (κ2) is 4.38. The summed E-state index contributed by atoms with van der Waals surface area (Å²) in [7, 11) is 0. The molecule has 1 aliphatic heterocycles. The SMILES string of the molecule is F.O=[CH][Ge]1=[CH]C=CC=[CH]1. The zero-order chi connectivity index (χ0) is 5.82. The van der Waals surface area contributed by atoms with Gasteiger partial charge < -0.3 is 0 Å². The van der Waals surface area contributed by atoms with E-state index in [4.69, 9.17) is 0 Å². The molecule has 1 aliphatic rings. The number of halogens is 1. The normalized spacial score (nSPS) is 14.0. The van der Waals surface area contributed by atoms with Crippen LogP contribution in [-0.4, -0.2) is 23.9 Å². The maximum atomic E-state index is 10.1. The van der Waals surface area contributed by atoms with Gasteiger partial charge in [-0.05, 0) is 0 Å². The Morgan fingerprint density at radius 2 is 2.00 bits per heavy atom. The summed E-state index contributed by atoms with van der Waals surface area (Å²) in [6, 6.07) is 0. The molecule has 0 aliphatic carbocycles. The van der Waals surface area contributed by atoms with Crippen LogP contribution in [0.25, 0.3) is 0 Å². The van der Waals surface area contributed by atoms with Crippen molar-refractivity contribution in [3.8, 4) is 0 Å². The number of allylic oxidation sites excluding steroid dienone is 3. The Morgan fingerprint density at radius 1 is 1.22 bits per heavy atom. The van der Waals surface area contributed by atoms with Gasteiger partial charge in [0.1, 0.15) is 0 Å². The average molecular weight is 187 g/mol. The van der Waals surface area contributed by atoms with E-state index in [0.717, 1.165) is 5.12 Å². The third kappa shape index (κ3) is 2.51. The van der Waals surface area contributed by atoms with Crippen molar-refractivity contribution in [3.05, 3.63) is 23.1 Å². The van der Waals surface area contributed by atoms with Crippen molar-refractivity contribution >= 4 is 23.9 Å². The minimum absolute atomic E-state index is 0. The molecule has 0 N–H and O–H groups in total. The summed E-state index contributed by atoms with van der Waals surface area (Å²) < 4.78 is 0. The molecule has 0 fully saturated rings. The molecule has 0 amide bonds. The van der Waals surface area contributed by atoms with E-state index in [1.165, 1.54) is 0 Å². The van der Waals surface area contributed by atoms with Gasteiger partial charge in [0.15, 0.2) is 0 Å². The Bertz CT molecular complexity index is 181. The van der Waals surface area contributed by atoms with Gasteiger partial charge in [0.05, 0.1) is 0 Å². The quantitative estimate of drug-likeness (QED) is 0.430. The molecule has 3 heteroatoms. The third-order valence-corrected chi connectivity index (χ3v) is 3.93. The van der Waals surface area contributed by atoms with Gasteiger partial charge >= 0.3 is 51.8 Å². The molecule has 1 nitrogen and oxygen atoms in total. The van der Waals surface area contributed by atoms with Gasteiger partial charge in [0, 0.05) is 0 Å². The summed E-state index contributed by atoms with van der Waals surface area (Å²) in [4.78, 5) is 14.2. The summed E-state index contributed by atoms with van der Waals surface area (Å²) in [6.45, 7) is 0. The van der Waals surface area contributed by atoms with E-state index in [2.05, 4.69) is 0 Å². The van der Waals surface area contributed by atoms with Gasteiger partial charge in [0.2, 0.25) is 0 Å². The summed E-state index contributed by atoms with van der Waals surface area (Å²) >= 11 is -1.42. The molecule has 48 valence electrons. The van der Waals surface area contributed by atoms with Crippen LogP contribution < -0.4 is 0 Å². The number of carbonyl (C=O) groups excluding carboxylic acids is 1. The van der Waals surface area contributed by atoms with Crippen molar-refractivity contribution in [2.75, 3.05) is 0 Å². The Balaban J connectivity index is 0.000000640. The molecular weight excluding hydrogens is 180 g/mol. The molecule has 0 spiro atoms. The first kappa shape index (κ1) is 8.49. The van der Waals surface area contributed by atoms with E-state index in [0.29, 0.717) is 0 Å². The van der Waals surface area contributed by atoms with E-state index < -0.39 is 13.9 Å². The first-order chi connectivity index (χ1) is 3.93. The molecular formula is C6H7FGeO. The zero-order valence-corrected chi connectivity index (χ0v) is 6.88. The molecule has 0 saturated heterocycles. The minimum atomic E-state index is -1.42. The first-order valence-corrected chi connectivity index (χ1v) is 6.07. The summed E-state index contributed by atoms with van der Waals surface area (Å²) in [5, 5.41) is 1.08. The Morgan fingerprint density at radius 3 is 2.33 bits per heavy atom. The first-order valence-electron chi connectivity index (χ1n) is 2.44. The van der Waals surface area contributed by atoms with Gasteiger partial charge in [-0.2, -0.15) is 0 Å². The molecule has 0 unspecified atom stereocenters. The molecule has 0 aromatic heterocycles. The second-order valence-electron chi connectivity index (χ2n) is 1.53. The molecule has 0 radical (unpaired) electrons. The fourth-order valence-electron chi connectivity index (χ4n) is 0.532. The number of carbonyl (C=O) groups is 1. The fraction of sp³-hybridized carbons (Fsp3) is 0. The van der Waals surface area contributed by atoms with Gasteiger partial charge in [-0.25, -0.2) is 0 Å². The van der Waals surface area contributed by atoms with Crippen LogP contribution in [0.1, 0.15) is 0 Å². The van der Waals surface area contributed by atoms with E-state index in [-0.39, 0.29) is 4.70 Å². The fourth-order valence-corrected chi connectivity index (χ4v) is 2.49. The Labute approximate surface area is 57.1 Å². The monoisotopic (exact) mass is 188 g/mol. The van der Waals surface area contributed by atoms with Gasteiger partial charge in [-0.3, -0.25) is 4.70 Å². The average Bonchev–Trinajstić information content (AvgIpc) is 1.90. The van der Waals surface area contributed by atoms with Crippen molar-refractivity contribution in [1.82, 2.24) is 0 Å². The van der Waals surface area contributed by atoms with Crippen LogP contribution in [0.15, 0.2) is 23.1 Å². The molecule has 0 bridgehead atoms. The van der Waals surface area contributed by atoms with Crippen LogP contribution in [0.2, 0.25) is 0 Å². The Hall–Kier alpha value is -0.507. The predicted octanol–water partition coefficient (Wildman–Crippen LogP) is 0.455. The van der Waals surface area contributed by atoms with Crippen LogP contribution in [0, 0.1) is 0 Å². The number of hydrogen-bond acceptors (Lipinski definition) is 1. The van der Waals surface area contributed by atoms with Gasteiger partial charge in [0.25, 0.3) is 0 Å². The zero-order valence-electron chi connectivity index (χ0n) is 4.78. The second-order valence-corrected chi connectivity index (χ2v) is 5.52. The third-order valence-electron chi connectivity index (χ3n) is 0.936. The van der Waals surface area contributed by atoms with E-state index in [9.17, 15) is 4.79 Å². The van der Waals surface area contributed by atoms with Crippen LogP contribution in [0.4, 0.5) is 4.70 Å². The summed E-state index contributed by atoms with van der Waals surface area (Å²) in [5.74, 6) is 0. The van der Waals surface area contributed by atoms with Crippen molar-refractivity contribution in [2.45, 2.75) is 0 Å². The van der Waals surface area contributed by atoms with Crippen molar-refractivity contribution in [1.29, 1.82) is 0 Å². The maximum absolute atomic E-state index is 10.1. The van der Waals surface area contributed by atoms with Gasteiger partial charge in [-0.1, -0.05) is 0 Å². The van der Waals surface area contributed by atoms with Crippen molar-refractivity contribution < 1.29 is 9.50 Å². The number of hydrogen-bond donors (Lipinski definition) is 0. The van der Waals surface area contributed by atoms with Crippen LogP contribution >= 0.6 is 0 Å². The molecule has 0 aromatic rings. The number of rotatable bonds is 1. The van der Waals surface area contributed by atoms with E-state index in [1.54, 1.807) is 0 Å². The van der Waals surface area contributed by atoms with Crippen molar-refractivity contribution in [2.24, 2.45) is 0 Å². The topological polar surface area (TPSA) is 17.1 Å². The van der Waals surface area contributed by atoms with Crippen LogP contribution in [0.5, 0.6) is 0 Å².